The fraction of sp³-hybridized carbons (Fsp3) is 0.250. The highest BCUT2D eigenvalue weighted by molar-refractivity contribution is 7.99. The van der Waals surface area contributed by atoms with Gasteiger partial charge in [0.15, 0.2) is 0 Å². The fourth-order valence-electron chi connectivity index (χ4n) is 1.99. The third kappa shape index (κ3) is 4.30. The van der Waals surface area contributed by atoms with E-state index in [4.69, 9.17) is 34.8 Å². The van der Waals surface area contributed by atoms with Crippen molar-refractivity contribution >= 4 is 46.6 Å². The van der Waals surface area contributed by atoms with E-state index in [0.717, 1.165) is 21.4 Å². The first-order valence-corrected chi connectivity index (χ1v) is 8.71. The normalized spacial score (nSPS) is 14.4. The van der Waals surface area contributed by atoms with Crippen LogP contribution in [-0.4, -0.2) is 6.04 Å². The van der Waals surface area contributed by atoms with Crippen LogP contribution >= 0.6 is 46.6 Å². The van der Waals surface area contributed by atoms with E-state index in [0.29, 0.717) is 16.1 Å². The van der Waals surface area contributed by atoms with Gasteiger partial charge in [-0.3, -0.25) is 0 Å². The molecule has 5 heteroatoms. The summed E-state index contributed by atoms with van der Waals surface area (Å²) in [7, 11) is 0. The van der Waals surface area contributed by atoms with Gasteiger partial charge in [-0.2, -0.15) is 0 Å². The Bertz CT molecular complexity index is 656. The second-order valence-corrected chi connectivity index (χ2v) is 7.45. The average Bonchev–Trinajstić information content (AvgIpc) is 3.26. The van der Waals surface area contributed by atoms with Gasteiger partial charge in [0.25, 0.3) is 0 Å². The summed E-state index contributed by atoms with van der Waals surface area (Å²) in [6, 6.07) is 12.1. The predicted octanol–water partition coefficient (Wildman–Crippen LogP) is 6.05. The molecule has 0 aromatic heterocycles. The van der Waals surface area contributed by atoms with Crippen molar-refractivity contribution in [3.8, 4) is 0 Å². The third-order valence-electron chi connectivity index (χ3n) is 3.30. The summed E-state index contributed by atoms with van der Waals surface area (Å²) in [5.41, 5.74) is 1.23. The molecule has 0 amide bonds. The van der Waals surface area contributed by atoms with Crippen molar-refractivity contribution in [2.24, 2.45) is 0 Å². The predicted molar refractivity (Wildman–Crippen MR) is 91.9 cm³/mol. The molecule has 0 aliphatic heterocycles. The lowest BCUT2D eigenvalue weighted by Gasteiger charge is -2.12. The molecule has 0 atom stereocenters. The molecule has 21 heavy (non-hydrogen) atoms. The van der Waals surface area contributed by atoms with Crippen LogP contribution in [0.1, 0.15) is 18.4 Å². The molecule has 0 radical (unpaired) electrons. The lowest BCUT2D eigenvalue weighted by atomic mass is 10.2. The SMILES string of the molecule is Clc1ccc(Cl)c(Sc2cc(Cl)ccc2CNC2CC2)c1. The monoisotopic (exact) mass is 357 g/mol. The Hall–Kier alpha value is -0.380. The van der Waals surface area contributed by atoms with Crippen LogP contribution in [0.2, 0.25) is 15.1 Å². The Labute approximate surface area is 144 Å². The first-order chi connectivity index (χ1) is 10.1. The van der Waals surface area contributed by atoms with E-state index < -0.39 is 0 Å². The highest BCUT2D eigenvalue weighted by Gasteiger charge is 2.20. The molecule has 1 nitrogen and oxygen atoms in total. The molecule has 2 aromatic rings. The van der Waals surface area contributed by atoms with Gasteiger partial charge in [0, 0.05) is 32.4 Å². The summed E-state index contributed by atoms with van der Waals surface area (Å²) in [4.78, 5) is 2.05. The number of hydrogen-bond donors (Lipinski definition) is 1. The molecule has 1 aliphatic rings. The number of nitrogens with one attached hydrogen (secondary N) is 1. The molecular formula is C16H14Cl3NS. The van der Waals surface area contributed by atoms with Gasteiger partial charge in [0.1, 0.15) is 0 Å². The maximum atomic E-state index is 6.25. The molecule has 0 unspecified atom stereocenters. The Morgan fingerprint density at radius 3 is 2.33 bits per heavy atom. The van der Waals surface area contributed by atoms with E-state index in [2.05, 4.69) is 11.4 Å². The van der Waals surface area contributed by atoms with Crippen molar-refractivity contribution in [2.75, 3.05) is 0 Å². The van der Waals surface area contributed by atoms with Gasteiger partial charge < -0.3 is 5.32 Å². The van der Waals surface area contributed by atoms with E-state index in [1.807, 2.05) is 24.3 Å². The first-order valence-electron chi connectivity index (χ1n) is 6.76. The van der Waals surface area contributed by atoms with Crippen LogP contribution in [0.3, 0.4) is 0 Å². The molecule has 1 saturated carbocycles. The summed E-state index contributed by atoms with van der Waals surface area (Å²) in [5.74, 6) is 0. The molecule has 0 saturated heterocycles. The van der Waals surface area contributed by atoms with E-state index in [1.165, 1.54) is 18.4 Å². The van der Waals surface area contributed by atoms with Gasteiger partial charge >= 0.3 is 0 Å². The van der Waals surface area contributed by atoms with Crippen LogP contribution in [0, 0.1) is 0 Å². The van der Waals surface area contributed by atoms with Crippen molar-refractivity contribution in [2.45, 2.75) is 35.2 Å². The van der Waals surface area contributed by atoms with Gasteiger partial charge in [-0.05, 0) is 48.7 Å². The number of halogens is 3. The molecule has 1 fully saturated rings. The van der Waals surface area contributed by atoms with Gasteiger partial charge in [0.2, 0.25) is 0 Å². The Kier molecular flexibility index (Phi) is 5.03. The largest absolute Gasteiger partial charge is 0.310 e. The molecule has 0 spiro atoms. The molecule has 110 valence electrons. The first kappa shape index (κ1) is 15.5. The lowest BCUT2D eigenvalue weighted by molar-refractivity contribution is 0.680. The molecule has 0 bridgehead atoms. The van der Waals surface area contributed by atoms with Gasteiger partial charge in [-0.15, -0.1) is 0 Å². The zero-order valence-corrected chi connectivity index (χ0v) is 14.3. The number of hydrogen-bond acceptors (Lipinski definition) is 2. The van der Waals surface area contributed by atoms with Gasteiger partial charge in [-0.25, -0.2) is 0 Å². The molecule has 3 rings (SSSR count). The number of rotatable bonds is 5. The second kappa shape index (κ2) is 6.80. The molecule has 1 aliphatic carbocycles. The Morgan fingerprint density at radius 1 is 0.952 bits per heavy atom. The average molecular weight is 359 g/mol. The maximum absolute atomic E-state index is 6.25. The summed E-state index contributed by atoms with van der Waals surface area (Å²) in [5, 5.41) is 5.64. The van der Waals surface area contributed by atoms with Crippen molar-refractivity contribution in [3.05, 3.63) is 57.0 Å². The zero-order chi connectivity index (χ0) is 14.8. The molecule has 1 N–H and O–H groups in total. The highest BCUT2D eigenvalue weighted by Crippen LogP contribution is 2.38. The van der Waals surface area contributed by atoms with Crippen molar-refractivity contribution in [3.63, 3.8) is 0 Å². The summed E-state index contributed by atoms with van der Waals surface area (Å²) in [6.45, 7) is 0.850. The Balaban J connectivity index is 1.85. The summed E-state index contributed by atoms with van der Waals surface area (Å²) in [6.07, 6.45) is 2.55. The summed E-state index contributed by atoms with van der Waals surface area (Å²) < 4.78 is 0. The van der Waals surface area contributed by atoms with Crippen LogP contribution in [0.5, 0.6) is 0 Å². The third-order valence-corrected chi connectivity index (χ3v) is 5.37. The van der Waals surface area contributed by atoms with E-state index >= 15 is 0 Å². The van der Waals surface area contributed by atoms with E-state index in [1.54, 1.807) is 17.8 Å². The van der Waals surface area contributed by atoms with E-state index in [-0.39, 0.29) is 0 Å². The minimum Gasteiger partial charge on any atom is -0.310 e. The molecular weight excluding hydrogens is 345 g/mol. The molecule has 2 aromatic carbocycles. The quantitative estimate of drug-likeness (QED) is 0.698. The van der Waals surface area contributed by atoms with Gasteiger partial charge in [-0.1, -0.05) is 52.6 Å². The topological polar surface area (TPSA) is 12.0 Å². The second-order valence-electron chi connectivity index (χ2n) is 5.08. The van der Waals surface area contributed by atoms with Crippen LogP contribution < -0.4 is 5.32 Å². The zero-order valence-electron chi connectivity index (χ0n) is 11.2. The van der Waals surface area contributed by atoms with Crippen molar-refractivity contribution in [1.82, 2.24) is 5.32 Å². The minimum absolute atomic E-state index is 0.674. The fourth-order valence-corrected chi connectivity index (χ4v) is 3.74. The van der Waals surface area contributed by atoms with Crippen molar-refractivity contribution < 1.29 is 0 Å². The standard InChI is InChI=1S/C16H14Cl3NS/c17-11-2-1-10(9-20-13-4-5-13)15(7-11)21-16-8-12(18)3-6-14(16)19/h1-3,6-8,13,20H,4-5,9H2. The van der Waals surface area contributed by atoms with Crippen LogP contribution in [0.4, 0.5) is 0 Å². The van der Waals surface area contributed by atoms with Gasteiger partial charge in [0.05, 0.1) is 5.02 Å². The van der Waals surface area contributed by atoms with Crippen LogP contribution in [-0.2, 0) is 6.54 Å². The maximum Gasteiger partial charge on any atom is 0.0546 e. The Morgan fingerprint density at radius 2 is 1.62 bits per heavy atom. The molecule has 0 heterocycles. The minimum atomic E-state index is 0.674. The number of benzene rings is 2. The van der Waals surface area contributed by atoms with Crippen LogP contribution in [0.15, 0.2) is 46.2 Å². The lowest BCUT2D eigenvalue weighted by Crippen LogP contribution is -2.15. The van der Waals surface area contributed by atoms with Crippen molar-refractivity contribution in [1.29, 1.82) is 0 Å². The highest BCUT2D eigenvalue weighted by atomic mass is 35.5. The van der Waals surface area contributed by atoms with E-state index in [9.17, 15) is 0 Å². The van der Waals surface area contributed by atoms with Crippen LogP contribution in [0.25, 0.3) is 0 Å². The summed E-state index contributed by atoms with van der Waals surface area (Å²) >= 11 is 20.0. The smallest absolute Gasteiger partial charge is 0.0546 e.